The average molecular weight is 186 g/mol. The third-order valence-corrected chi connectivity index (χ3v) is 3.52. The Morgan fingerprint density at radius 1 is 1.00 bits per heavy atom. The Kier molecular flexibility index (Phi) is 3.35. The second-order valence-electron chi connectivity index (χ2n) is 5.11. The van der Waals surface area contributed by atoms with Gasteiger partial charge in [-0.1, -0.05) is 6.92 Å². The highest BCUT2D eigenvalue weighted by molar-refractivity contribution is 6.69. The fraction of sp³-hybridized carbons (Fsp3) is 1.00. The van der Waals surface area contributed by atoms with E-state index in [2.05, 4.69) is 26.6 Å². The van der Waals surface area contributed by atoms with Crippen molar-refractivity contribution in [1.82, 2.24) is 0 Å². The minimum atomic E-state index is -1.27. The standard InChI is InChI=1S/C10H22OSi/c1-9-5-7-10(8-6-9)11-12(2,3)4/h9-10H,5-8H2,1-4H3. The lowest BCUT2D eigenvalue weighted by Gasteiger charge is -2.31. The number of hydrogen-bond acceptors (Lipinski definition) is 1. The summed E-state index contributed by atoms with van der Waals surface area (Å²) >= 11 is 0. The zero-order chi connectivity index (χ0) is 9.19. The molecule has 0 spiro atoms. The summed E-state index contributed by atoms with van der Waals surface area (Å²) in [6.45, 7) is 9.20. The van der Waals surface area contributed by atoms with Gasteiger partial charge < -0.3 is 4.43 Å². The van der Waals surface area contributed by atoms with Crippen LogP contribution in [0.25, 0.3) is 0 Å². The molecule has 1 aliphatic carbocycles. The van der Waals surface area contributed by atoms with E-state index < -0.39 is 8.32 Å². The highest BCUT2D eigenvalue weighted by Gasteiger charge is 2.24. The first-order chi connectivity index (χ1) is 5.47. The summed E-state index contributed by atoms with van der Waals surface area (Å²) < 4.78 is 6.07. The van der Waals surface area contributed by atoms with Crippen LogP contribution < -0.4 is 0 Å². The lowest BCUT2D eigenvalue weighted by molar-refractivity contribution is 0.129. The van der Waals surface area contributed by atoms with Crippen LogP contribution >= 0.6 is 0 Å². The van der Waals surface area contributed by atoms with E-state index in [9.17, 15) is 0 Å². The second kappa shape index (κ2) is 3.92. The maximum Gasteiger partial charge on any atom is 0.184 e. The molecule has 2 heteroatoms. The lowest BCUT2D eigenvalue weighted by atomic mass is 9.89. The van der Waals surface area contributed by atoms with E-state index in [1.165, 1.54) is 25.7 Å². The Morgan fingerprint density at radius 2 is 1.50 bits per heavy atom. The minimum absolute atomic E-state index is 0.591. The molecule has 0 aromatic rings. The lowest BCUT2D eigenvalue weighted by Crippen LogP contribution is -2.34. The van der Waals surface area contributed by atoms with Gasteiger partial charge >= 0.3 is 0 Å². The summed E-state index contributed by atoms with van der Waals surface area (Å²) in [5.74, 6) is 0.937. The molecule has 0 radical (unpaired) electrons. The predicted molar refractivity (Wildman–Crippen MR) is 55.9 cm³/mol. The molecule has 12 heavy (non-hydrogen) atoms. The van der Waals surface area contributed by atoms with Crippen LogP contribution in [-0.4, -0.2) is 14.4 Å². The Morgan fingerprint density at radius 3 is 1.92 bits per heavy atom. The zero-order valence-electron chi connectivity index (χ0n) is 8.89. The van der Waals surface area contributed by atoms with Crippen molar-refractivity contribution in [3.8, 4) is 0 Å². The molecule has 0 amide bonds. The van der Waals surface area contributed by atoms with Gasteiger partial charge in [0.2, 0.25) is 0 Å². The predicted octanol–water partition coefficient (Wildman–Crippen LogP) is 3.42. The quantitative estimate of drug-likeness (QED) is 0.600. The normalized spacial score (nSPS) is 32.0. The molecule has 72 valence electrons. The molecule has 0 unspecified atom stereocenters. The molecule has 1 fully saturated rings. The van der Waals surface area contributed by atoms with E-state index in [1.807, 2.05) is 0 Å². The monoisotopic (exact) mass is 186 g/mol. The molecule has 0 N–H and O–H groups in total. The van der Waals surface area contributed by atoms with Crippen molar-refractivity contribution in [3.05, 3.63) is 0 Å². The third-order valence-electron chi connectivity index (χ3n) is 2.48. The van der Waals surface area contributed by atoms with E-state index in [-0.39, 0.29) is 0 Å². The van der Waals surface area contributed by atoms with Crippen LogP contribution in [0.5, 0.6) is 0 Å². The van der Waals surface area contributed by atoms with E-state index >= 15 is 0 Å². The van der Waals surface area contributed by atoms with Crippen LogP contribution in [0.1, 0.15) is 32.6 Å². The summed E-state index contributed by atoms with van der Waals surface area (Å²) in [4.78, 5) is 0. The molecule has 1 nitrogen and oxygen atoms in total. The van der Waals surface area contributed by atoms with Gasteiger partial charge in [0.05, 0.1) is 0 Å². The summed E-state index contributed by atoms with van der Waals surface area (Å²) in [6.07, 6.45) is 5.93. The molecule has 0 saturated heterocycles. The largest absolute Gasteiger partial charge is 0.415 e. The van der Waals surface area contributed by atoms with Crippen molar-refractivity contribution in [2.24, 2.45) is 5.92 Å². The van der Waals surface area contributed by atoms with Gasteiger partial charge in [0.25, 0.3) is 0 Å². The molecule has 1 saturated carbocycles. The Bertz CT molecular complexity index is 131. The summed E-state index contributed by atoms with van der Waals surface area (Å²) in [5, 5.41) is 0. The number of rotatable bonds is 2. The molecule has 0 atom stereocenters. The third kappa shape index (κ3) is 3.72. The average Bonchev–Trinajstić information content (AvgIpc) is 1.91. The molecule has 0 bridgehead atoms. The van der Waals surface area contributed by atoms with Crippen molar-refractivity contribution < 1.29 is 4.43 Å². The van der Waals surface area contributed by atoms with Crippen LogP contribution in [-0.2, 0) is 4.43 Å². The van der Waals surface area contributed by atoms with Gasteiger partial charge in [-0.05, 0) is 51.2 Å². The second-order valence-corrected chi connectivity index (χ2v) is 9.57. The molecule has 0 heterocycles. The summed E-state index contributed by atoms with van der Waals surface area (Å²) in [7, 11) is -1.27. The summed E-state index contributed by atoms with van der Waals surface area (Å²) in [5.41, 5.74) is 0. The zero-order valence-corrected chi connectivity index (χ0v) is 9.89. The maximum absolute atomic E-state index is 6.07. The van der Waals surface area contributed by atoms with Crippen LogP contribution in [0.3, 0.4) is 0 Å². The van der Waals surface area contributed by atoms with Gasteiger partial charge in [0.1, 0.15) is 0 Å². The molecule has 1 rings (SSSR count). The highest BCUT2D eigenvalue weighted by Crippen LogP contribution is 2.27. The minimum Gasteiger partial charge on any atom is -0.415 e. The summed E-state index contributed by atoms with van der Waals surface area (Å²) in [6, 6.07) is 0. The van der Waals surface area contributed by atoms with Crippen molar-refractivity contribution in [1.29, 1.82) is 0 Å². The van der Waals surface area contributed by atoms with E-state index in [0.29, 0.717) is 6.10 Å². The van der Waals surface area contributed by atoms with Crippen molar-refractivity contribution >= 4 is 8.32 Å². The van der Waals surface area contributed by atoms with E-state index in [0.717, 1.165) is 5.92 Å². The smallest absolute Gasteiger partial charge is 0.184 e. The van der Waals surface area contributed by atoms with Gasteiger partial charge in [-0.2, -0.15) is 0 Å². The van der Waals surface area contributed by atoms with E-state index in [1.54, 1.807) is 0 Å². The van der Waals surface area contributed by atoms with Gasteiger partial charge in [-0.25, -0.2) is 0 Å². The van der Waals surface area contributed by atoms with Crippen LogP contribution in [0.2, 0.25) is 19.6 Å². The fourth-order valence-electron chi connectivity index (χ4n) is 1.85. The van der Waals surface area contributed by atoms with Gasteiger partial charge in [-0.15, -0.1) is 0 Å². The maximum atomic E-state index is 6.07. The van der Waals surface area contributed by atoms with Crippen LogP contribution in [0.15, 0.2) is 0 Å². The molecule has 0 aromatic heterocycles. The fourth-order valence-corrected chi connectivity index (χ4v) is 3.08. The van der Waals surface area contributed by atoms with Gasteiger partial charge in [0.15, 0.2) is 8.32 Å². The Hall–Kier alpha value is 0.177. The SMILES string of the molecule is CC1CCC(O[Si](C)(C)C)CC1. The van der Waals surface area contributed by atoms with Crippen LogP contribution in [0, 0.1) is 5.92 Å². The van der Waals surface area contributed by atoms with Crippen molar-refractivity contribution in [2.75, 3.05) is 0 Å². The molecule has 1 aliphatic rings. The molecular weight excluding hydrogens is 164 g/mol. The highest BCUT2D eigenvalue weighted by atomic mass is 28.4. The molecule has 0 aliphatic heterocycles. The van der Waals surface area contributed by atoms with Crippen molar-refractivity contribution in [2.45, 2.75) is 58.4 Å². The van der Waals surface area contributed by atoms with Crippen molar-refractivity contribution in [3.63, 3.8) is 0 Å². The first kappa shape index (κ1) is 10.3. The van der Waals surface area contributed by atoms with Gasteiger partial charge in [-0.3, -0.25) is 0 Å². The molecule has 0 aromatic carbocycles. The number of hydrogen-bond donors (Lipinski definition) is 0. The first-order valence-electron chi connectivity index (χ1n) is 5.15. The topological polar surface area (TPSA) is 9.23 Å². The first-order valence-corrected chi connectivity index (χ1v) is 8.56. The van der Waals surface area contributed by atoms with Crippen LogP contribution in [0.4, 0.5) is 0 Å². The molecular formula is C10H22OSi. The van der Waals surface area contributed by atoms with Gasteiger partial charge in [0, 0.05) is 6.10 Å². The van der Waals surface area contributed by atoms with E-state index in [4.69, 9.17) is 4.43 Å². The Labute approximate surface area is 77.6 Å². The Balaban J connectivity index is 2.26.